The smallest absolute Gasteiger partial charge is 0.118 e. The zero-order chi connectivity index (χ0) is 8.65. The molecular weight excluding hydrogens is 148 g/mol. The molecule has 0 aliphatic carbocycles. The van der Waals surface area contributed by atoms with E-state index >= 15 is 0 Å². The first-order valence-electron chi connectivity index (χ1n) is 5.03. The molecule has 1 nitrogen and oxygen atoms in total. The van der Waals surface area contributed by atoms with Crippen LogP contribution in [0.4, 0.5) is 0 Å². The molecule has 68 valence electrons. The molecule has 0 N–H and O–H groups in total. The summed E-state index contributed by atoms with van der Waals surface area (Å²) in [6, 6.07) is 0. The van der Waals surface area contributed by atoms with Gasteiger partial charge in [0.05, 0.1) is 0 Å². The van der Waals surface area contributed by atoms with Crippen molar-refractivity contribution in [3.8, 4) is 11.8 Å². The molecule has 1 saturated heterocycles. The van der Waals surface area contributed by atoms with E-state index in [0.29, 0.717) is 0 Å². The van der Waals surface area contributed by atoms with Gasteiger partial charge in [0.25, 0.3) is 0 Å². The number of rotatable bonds is 2. The van der Waals surface area contributed by atoms with Crippen LogP contribution in [0.5, 0.6) is 0 Å². The highest BCUT2D eigenvalue weighted by Gasteiger charge is 2.09. The zero-order valence-electron chi connectivity index (χ0n) is 7.94. The van der Waals surface area contributed by atoms with Crippen molar-refractivity contribution in [1.29, 1.82) is 0 Å². The van der Waals surface area contributed by atoms with E-state index in [1.54, 1.807) is 0 Å². The van der Waals surface area contributed by atoms with Gasteiger partial charge in [-0.25, -0.2) is 0 Å². The lowest BCUT2D eigenvalue weighted by atomic mass is 10.1. The van der Waals surface area contributed by atoms with Crippen LogP contribution >= 0.6 is 0 Å². The maximum Gasteiger partial charge on any atom is 0.118 e. The Balaban J connectivity index is 2.13. The lowest BCUT2D eigenvalue weighted by Crippen LogP contribution is -2.16. The molecule has 0 amide bonds. The van der Waals surface area contributed by atoms with Crippen LogP contribution in [-0.4, -0.2) is 12.7 Å². The SMILES string of the molecule is CCCCC#CC1CCCCO1. The molecule has 12 heavy (non-hydrogen) atoms. The molecule has 1 fully saturated rings. The quantitative estimate of drug-likeness (QED) is 0.453. The fourth-order valence-electron chi connectivity index (χ4n) is 1.31. The summed E-state index contributed by atoms with van der Waals surface area (Å²) in [6.45, 7) is 3.10. The highest BCUT2D eigenvalue weighted by Crippen LogP contribution is 2.11. The maximum atomic E-state index is 5.48. The molecule has 0 aromatic rings. The monoisotopic (exact) mass is 166 g/mol. The first-order valence-corrected chi connectivity index (χ1v) is 5.03. The van der Waals surface area contributed by atoms with Crippen LogP contribution in [0.3, 0.4) is 0 Å². The Morgan fingerprint density at radius 3 is 3.00 bits per heavy atom. The van der Waals surface area contributed by atoms with Crippen molar-refractivity contribution in [1.82, 2.24) is 0 Å². The van der Waals surface area contributed by atoms with Gasteiger partial charge in [-0.3, -0.25) is 0 Å². The van der Waals surface area contributed by atoms with Crippen LogP contribution in [0.25, 0.3) is 0 Å². The molecular formula is C11H18O. The molecule has 1 atom stereocenters. The summed E-state index contributed by atoms with van der Waals surface area (Å²) in [4.78, 5) is 0. The van der Waals surface area contributed by atoms with Crippen LogP contribution in [-0.2, 0) is 4.74 Å². The minimum Gasteiger partial charge on any atom is -0.366 e. The molecule has 1 aliphatic rings. The summed E-state index contributed by atoms with van der Waals surface area (Å²) < 4.78 is 5.48. The first-order chi connectivity index (χ1) is 5.93. The Bertz CT molecular complexity index is 158. The van der Waals surface area contributed by atoms with Crippen molar-refractivity contribution < 1.29 is 4.74 Å². The summed E-state index contributed by atoms with van der Waals surface area (Å²) in [5.41, 5.74) is 0. The van der Waals surface area contributed by atoms with Crippen molar-refractivity contribution in [3.05, 3.63) is 0 Å². The van der Waals surface area contributed by atoms with Gasteiger partial charge in [-0.2, -0.15) is 0 Å². The minimum absolute atomic E-state index is 0.246. The van der Waals surface area contributed by atoms with Gasteiger partial charge >= 0.3 is 0 Å². The van der Waals surface area contributed by atoms with E-state index in [0.717, 1.165) is 19.4 Å². The number of hydrogen-bond acceptors (Lipinski definition) is 1. The summed E-state index contributed by atoms with van der Waals surface area (Å²) in [5, 5.41) is 0. The first kappa shape index (κ1) is 9.61. The maximum absolute atomic E-state index is 5.48. The minimum atomic E-state index is 0.246. The van der Waals surface area contributed by atoms with Crippen molar-refractivity contribution >= 4 is 0 Å². The summed E-state index contributed by atoms with van der Waals surface area (Å²) in [5.74, 6) is 6.37. The van der Waals surface area contributed by atoms with E-state index in [2.05, 4.69) is 18.8 Å². The third-order valence-electron chi connectivity index (χ3n) is 2.10. The van der Waals surface area contributed by atoms with Gasteiger partial charge in [-0.05, 0) is 25.7 Å². The molecule has 1 heterocycles. The second-order valence-electron chi connectivity index (χ2n) is 3.28. The third-order valence-corrected chi connectivity index (χ3v) is 2.10. The molecule has 0 spiro atoms. The average molecular weight is 166 g/mol. The van der Waals surface area contributed by atoms with Crippen LogP contribution in [0.1, 0.15) is 45.4 Å². The normalized spacial score (nSPS) is 22.9. The lowest BCUT2D eigenvalue weighted by molar-refractivity contribution is 0.0525. The summed E-state index contributed by atoms with van der Waals surface area (Å²) in [6.07, 6.45) is 7.38. The molecule has 0 radical (unpaired) electrons. The van der Waals surface area contributed by atoms with Gasteiger partial charge in [0.15, 0.2) is 0 Å². The topological polar surface area (TPSA) is 9.23 Å². The highest BCUT2D eigenvalue weighted by molar-refractivity contribution is 5.05. The molecule has 0 bridgehead atoms. The molecule has 1 rings (SSSR count). The lowest BCUT2D eigenvalue weighted by Gasteiger charge is -2.16. The molecule has 0 aromatic carbocycles. The van der Waals surface area contributed by atoms with E-state index in [4.69, 9.17) is 4.74 Å². The molecule has 1 unspecified atom stereocenters. The molecule has 1 aliphatic heterocycles. The van der Waals surface area contributed by atoms with Gasteiger partial charge in [0.1, 0.15) is 6.10 Å². The van der Waals surface area contributed by atoms with Crippen molar-refractivity contribution in [2.24, 2.45) is 0 Å². The average Bonchev–Trinajstić information content (AvgIpc) is 2.14. The van der Waals surface area contributed by atoms with Crippen LogP contribution in [0.2, 0.25) is 0 Å². The van der Waals surface area contributed by atoms with Gasteiger partial charge in [-0.1, -0.05) is 19.3 Å². The van der Waals surface area contributed by atoms with E-state index in [1.165, 1.54) is 25.7 Å². The number of hydrogen-bond donors (Lipinski definition) is 0. The largest absolute Gasteiger partial charge is 0.366 e. The Morgan fingerprint density at radius 2 is 2.33 bits per heavy atom. The second-order valence-corrected chi connectivity index (χ2v) is 3.28. The van der Waals surface area contributed by atoms with Crippen LogP contribution < -0.4 is 0 Å². The van der Waals surface area contributed by atoms with Crippen molar-refractivity contribution in [2.45, 2.75) is 51.6 Å². The summed E-state index contributed by atoms with van der Waals surface area (Å²) in [7, 11) is 0. The predicted octanol–water partition coefficient (Wildman–Crippen LogP) is 2.75. The van der Waals surface area contributed by atoms with E-state index < -0.39 is 0 Å². The molecule has 0 aromatic heterocycles. The Kier molecular flexibility index (Phi) is 4.87. The predicted molar refractivity (Wildman–Crippen MR) is 50.9 cm³/mol. The van der Waals surface area contributed by atoms with Crippen molar-refractivity contribution in [3.63, 3.8) is 0 Å². The Morgan fingerprint density at radius 1 is 1.42 bits per heavy atom. The standard InChI is InChI=1S/C11H18O/c1-2-3-4-5-8-11-9-6-7-10-12-11/h11H,2-4,6-7,9-10H2,1H3. The van der Waals surface area contributed by atoms with Gasteiger partial charge < -0.3 is 4.74 Å². The fourth-order valence-corrected chi connectivity index (χ4v) is 1.31. The molecule has 1 heteroatoms. The zero-order valence-corrected chi connectivity index (χ0v) is 7.94. The van der Waals surface area contributed by atoms with Crippen LogP contribution in [0, 0.1) is 11.8 Å². The third kappa shape index (κ3) is 3.78. The van der Waals surface area contributed by atoms with Gasteiger partial charge in [0.2, 0.25) is 0 Å². The van der Waals surface area contributed by atoms with Gasteiger partial charge in [0, 0.05) is 13.0 Å². The Labute approximate surface area is 75.5 Å². The number of unbranched alkanes of at least 4 members (excludes halogenated alkanes) is 2. The van der Waals surface area contributed by atoms with Crippen LogP contribution in [0.15, 0.2) is 0 Å². The van der Waals surface area contributed by atoms with E-state index in [1.807, 2.05) is 0 Å². The van der Waals surface area contributed by atoms with E-state index in [-0.39, 0.29) is 6.10 Å². The highest BCUT2D eigenvalue weighted by atomic mass is 16.5. The Hall–Kier alpha value is -0.480. The fraction of sp³-hybridized carbons (Fsp3) is 0.818. The summed E-state index contributed by atoms with van der Waals surface area (Å²) >= 11 is 0. The second kappa shape index (κ2) is 6.08. The van der Waals surface area contributed by atoms with Crippen molar-refractivity contribution in [2.75, 3.05) is 6.61 Å². The van der Waals surface area contributed by atoms with Gasteiger partial charge in [-0.15, -0.1) is 5.92 Å². The van der Waals surface area contributed by atoms with E-state index in [9.17, 15) is 0 Å². The molecule has 0 saturated carbocycles. The number of ether oxygens (including phenoxy) is 1.